The van der Waals surface area contributed by atoms with E-state index in [0.717, 1.165) is 48.0 Å². The van der Waals surface area contributed by atoms with E-state index in [4.69, 9.17) is 0 Å². The molecule has 0 radical (unpaired) electrons. The second-order valence-corrected chi connectivity index (χ2v) is 14.4. The summed E-state index contributed by atoms with van der Waals surface area (Å²) in [6, 6.07) is 16.2. The van der Waals surface area contributed by atoms with Gasteiger partial charge in [-0.05, 0) is 67.3 Å². The number of quaternary nitrogens is 2. The number of fused-ring (bicyclic) bond motifs is 2. The quantitative estimate of drug-likeness (QED) is 0.173. The summed E-state index contributed by atoms with van der Waals surface area (Å²) in [6.45, 7) is 16.3. The molecule has 0 saturated heterocycles. The van der Waals surface area contributed by atoms with Crippen LogP contribution >= 0.6 is 0 Å². The second kappa shape index (κ2) is 14.2. The Balaban J connectivity index is 1.81. The number of anilines is 4. The molecular formula is C35H60N4O+2. The standard InChI is InChI=1S/C35H60N4O/c1-9-10-24-38(5,6)25-16-14-23-37-32-19-12-11-18-31(32)36(22-13-15-26-39(7,8)27-17-28-40)33-21-20-30(29-34(33)37)35(2,3)4/h11-12,18-21,29,40H,9-10,13-17,22-28H2,1-8H3/q+2. The van der Waals surface area contributed by atoms with Gasteiger partial charge in [-0.3, -0.25) is 0 Å². The molecule has 0 atom stereocenters. The molecule has 0 aliphatic carbocycles. The number of aliphatic hydroxyl groups is 1. The van der Waals surface area contributed by atoms with E-state index in [1.54, 1.807) is 0 Å². The van der Waals surface area contributed by atoms with Crippen molar-refractivity contribution < 1.29 is 14.1 Å². The molecule has 2 aromatic rings. The van der Waals surface area contributed by atoms with Gasteiger partial charge in [-0.2, -0.15) is 0 Å². The monoisotopic (exact) mass is 552 g/mol. The van der Waals surface area contributed by atoms with Crippen LogP contribution < -0.4 is 9.80 Å². The number of para-hydroxylation sites is 2. The highest BCUT2D eigenvalue weighted by Crippen LogP contribution is 2.49. The van der Waals surface area contributed by atoms with Gasteiger partial charge in [0.1, 0.15) is 0 Å². The molecule has 0 fully saturated rings. The number of hydrogen-bond donors (Lipinski definition) is 1. The minimum absolute atomic E-state index is 0.112. The number of aliphatic hydroxyl groups excluding tert-OH is 1. The molecule has 3 rings (SSSR count). The molecule has 0 saturated carbocycles. The van der Waals surface area contributed by atoms with Gasteiger partial charge in [0.15, 0.2) is 0 Å². The van der Waals surface area contributed by atoms with Crippen LogP contribution in [0.25, 0.3) is 0 Å². The van der Waals surface area contributed by atoms with Crippen molar-refractivity contribution in [3.05, 3.63) is 48.0 Å². The molecule has 1 N–H and O–H groups in total. The van der Waals surface area contributed by atoms with Crippen LogP contribution in [-0.4, -0.2) is 88.1 Å². The summed E-state index contributed by atoms with van der Waals surface area (Å²) >= 11 is 0. The first-order chi connectivity index (χ1) is 18.9. The van der Waals surface area contributed by atoms with Crippen LogP contribution in [0.3, 0.4) is 0 Å². The number of rotatable bonds is 16. The van der Waals surface area contributed by atoms with Gasteiger partial charge in [-0.15, -0.1) is 0 Å². The van der Waals surface area contributed by atoms with Gasteiger partial charge >= 0.3 is 0 Å². The van der Waals surface area contributed by atoms with Crippen LogP contribution in [0.2, 0.25) is 0 Å². The predicted octanol–water partition coefficient (Wildman–Crippen LogP) is 7.47. The fraction of sp³-hybridized carbons (Fsp3) is 0.657. The van der Waals surface area contributed by atoms with Gasteiger partial charge in [0.25, 0.3) is 0 Å². The van der Waals surface area contributed by atoms with Gasteiger partial charge < -0.3 is 23.9 Å². The maximum absolute atomic E-state index is 9.26. The summed E-state index contributed by atoms with van der Waals surface area (Å²) < 4.78 is 2.10. The highest BCUT2D eigenvalue weighted by atomic mass is 16.3. The molecule has 5 nitrogen and oxygen atoms in total. The van der Waals surface area contributed by atoms with Crippen molar-refractivity contribution in [3.63, 3.8) is 0 Å². The smallest absolute Gasteiger partial charge is 0.0804 e. The van der Waals surface area contributed by atoms with Crippen LogP contribution in [0.1, 0.15) is 78.2 Å². The Kier molecular flexibility index (Phi) is 11.5. The number of hydrogen-bond acceptors (Lipinski definition) is 3. The van der Waals surface area contributed by atoms with Crippen LogP contribution in [0, 0.1) is 0 Å². The molecule has 1 aliphatic rings. The van der Waals surface area contributed by atoms with E-state index in [1.165, 1.54) is 73.5 Å². The maximum Gasteiger partial charge on any atom is 0.0804 e. The molecule has 0 unspecified atom stereocenters. The van der Waals surface area contributed by atoms with Crippen molar-refractivity contribution in [2.45, 2.75) is 78.1 Å². The van der Waals surface area contributed by atoms with Crippen molar-refractivity contribution >= 4 is 22.7 Å². The summed E-state index contributed by atoms with van der Waals surface area (Å²) in [5, 5.41) is 9.26. The van der Waals surface area contributed by atoms with Gasteiger partial charge in [-0.1, -0.05) is 52.3 Å². The van der Waals surface area contributed by atoms with Crippen molar-refractivity contribution in [1.29, 1.82) is 0 Å². The van der Waals surface area contributed by atoms with Gasteiger partial charge in [-0.25, -0.2) is 0 Å². The van der Waals surface area contributed by atoms with E-state index < -0.39 is 0 Å². The molecule has 224 valence electrons. The molecule has 0 bridgehead atoms. The van der Waals surface area contributed by atoms with Crippen molar-refractivity contribution in [3.8, 4) is 0 Å². The summed E-state index contributed by atoms with van der Waals surface area (Å²) in [4.78, 5) is 5.18. The van der Waals surface area contributed by atoms with Gasteiger partial charge in [0, 0.05) is 26.1 Å². The topological polar surface area (TPSA) is 26.7 Å². The zero-order valence-electron chi connectivity index (χ0n) is 27.2. The number of nitrogens with zero attached hydrogens (tertiary/aromatic N) is 4. The normalized spacial score (nSPS) is 13.9. The molecule has 0 aromatic heterocycles. The zero-order valence-corrected chi connectivity index (χ0v) is 27.2. The average Bonchev–Trinajstić information content (AvgIpc) is 2.90. The third-order valence-corrected chi connectivity index (χ3v) is 8.72. The molecule has 5 heteroatoms. The first-order valence-electron chi connectivity index (χ1n) is 15.9. The Hall–Kier alpha value is -2.08. The maximum atomic E-state index is 9.26. The summed E-state index contributed by atoms with van der Waals surface area (Å²) in [5.41, 5.74) is 6.91. The van der Waals surface area contributed by atoms with Crippen molar-refractivity contribution in [2.24, 2.45) is 0 Å². The SMILES string of the molecule is CCCC[N+](C)(C)CCCCN1c2ccccc2N(CCCC[N+](C)(C)CCCO)c2ccc(C(C)(C)C)cc21. The van der Waals surface area contributed by atoms with Gasteiger partial charge in [0.05, 0.1) is 77.1 Å². The third-order valence-electron chi connectivity index (χ3n) is 8.72. The molecule has 1 heterocycles. The highest BCUT2D eigenvalue weighted by Gasteiger charge is 2.29. The first-order valence-corrected chi connectivity index (χ1v) is 15.9. The second-order valence-electron chi connectivity index (χ2n) is 14.4. The minimum atomic E-state index is 0.112. The van der Waals surface area contributed by atoms with Crippen LogP contribution in [0.15, 0.2) is 42.5 Å². The van der Waals surface area contributed by atoms with Gasteiger partial charge in [0.2, 0.25) is 0 Å². The average molecular weight is 553 g/mol. The largest absolute Gasteiger partial charge is 0.396 e. The van der Waals surface area contributed by atoms with E-state index in [-0.39, 0.29) is 12.0 Å². The Morgan fingerprint density at radius 1 is 0.625 bits per heavy atom. The fourth-order valence-electron chi connectivity index (χ4n) is 6.02. The summed E-state index contributed by atoms with van der Waals surface area (Å²) in [7, 11) is 9.36. The molecule has 0 spiro atoms. The van der Waals surface area contributed by atoms with Crippen LogP contribution in [0.4, 0.5) is 22.7 Å². The first kappa shape index (κ1) is 32.4. The van der Waals surface area contributed by atoms with E-state index in [1.807, 2.05) is 0 Å². The lowest BCUT2D eigenvalue weighted by atomic mass is 9.86. The van der Waals surface area contributed by atoms with Crippen LogP contribution in [0.5, 0.6) is 0 Å². The molecule has 2 aromatic carbocycles. The fourth-order valence-corrected chi connectivity index (χ4v) is 6.02. The molecule has 40 heavy (non-hydrogen) atoms. The van der Waals surface area contributed by atoms with E-state index in [0.29, 0.717) is 0 Å². The highest BCUT2D eigenvalue weighted by molar-refractivity contribution is 5.93. The van der Waals surface area contributed by atoms with E-state index in [9.17, 15) is 5.11 Å². The predicted molar refractivity (Wildman–Crippen MR) is 174 cm³/mol. The lowest BCUT2D eigenvalue weighted by molar-refractivity contribution is -0.890. The minimum Gasteiger partial charge on any atom is -0.396 e. The zero-order chi connectivity index (χ0) is 29.4. The van der Waals surface area contributed by atoms with Crippen LogP contribution in [-0.2, 0) is 5.41 Å². The van der Waals surface area contributed by atoms with Crippen molar-refractivity contribution in [1.82, 2.24) is 0 Å². The lowest BCUT2D eigenvalue weighted by Crippen LogP contribution is -2.42. The Labute approximate surface area is 246 Å². The Morgan fingerprint density at radius 2 is 1.10 bits per heavy atom. The Bertz CT molecular complexity index is 1060. The third kappa shape index (κ3) is 8.96. The molecule has 1 aliphatic heterocycles. The van der Waals surface area contributed by atoms with E-state index >= 15 is 0 Å². The molecular weight excluding hydrogens is 492 g/mol. The van der Waals surface area contributed by atoms with E-state index in [2.05, 4.69) is 108 Å². The summed E-state index contributed by atoms with van der Waals surface area (Å²) in [5.74, 6) is 0. The number of unbranched alkanes of at least 4 members (excludes halogenated alkanes) is 3. The summed E-state index contributed by atoms with van der Waals surface area (Å²) in [6.07, 6.45) is 8.24. The molecule has 0 amide bonds. The van der Waals surface area contributed by atoms with Crippen molar-refractivity contribution in [2.75, 3.05) is 83.9 Å². The number of benzene rings is 2. The lowest BCUT2D eigenvalue weighted by Gasteiger charge is -2.41. The Morgan fingerprint density at radius 3 is 1.60 bits per heavy atom.